The number of aliphatic imine (C=N–C) groups is 1. The number of hydrogen-bond donors (Lipinski definition) is 5. The number of para-hydroxylation sites is 1. The molecule has 2 aromatic rings. The molecule has 2 aromatic carbocycles. The van der Waals surface area contributed by atoms with Crippen molar-refractivity contribution in [3.8, 4) is 0 Å². The smallest absolute Gasteiger partial charge is 0.265 e. The highest BCUT2D eigenvalue weighted by Gasteiger charge is 2.23. The molecule has 0 radical (unpaired) electrons. The summed E-state index contributed by atoms with van der Waals surface area (Å²) in [7, 11) is -4.15. The minimum Gasteiger partial charge on any atom is -0.322 e. The van der Waals surface area contributed by atoms with Crippen molar-refractivity contribution in [3.63, 3.8) is 0 Å². The van der Waals surface area contributed by atoms with Gasteiger partial charge in [-0.1, -0.05) is 35.9 Å². The summed E-state index contributed by atoms with van der Waals surface area (Å²) >= 11 is 10.3. The number of thiol groups is 1. The Morgan fingerprint density at radius 2 is 1.96 bits per heavy atom. The SMILES string of the molecule is C=CCN=C(NN)NS(=O)(=O)c1cc(C(=O)Nc2ccccc2)c(Cl)cc1S. The number of sulfonamides is 1. The van der Waals surface area contributed by atoms with Gasteiger partial charge in [0.25, 0.3) is 15.9 Å². The van der Waals surface area contributed by atoms with Crippen molar-refractivity contribution in [1.82, 2.24) is 10.1 Å². The fourth-order valence-corrected chi connectivity index (χ4v) is 4.07. The lowest BCUT2D eigenvalue weighted by molar-refractivity contribution is 0.102. The number of halogens is 1. The molecule has 11 heteroatoms. The van der Waals surface area contributed by atoms with Gasteiger partial charge in [-0.05, 0) is 24.3 Å². The van der Waals surface area contributed by atoms with Crippen molar-refractivity contribution >= 4 is 51.8 Å². The van der Waals surface area contributed by atoms with Crippen LogP contribution in [0.2, 0.25) is 5.02 Å². The predicted molar refractivity (Wildman–Crippen MR) is 113 cm³/mol. The molecule has 28 heavy (non-hydrogen) atoms. The summed E-state index contributed by atoms with van der Waals surface area (Å²) < 4.78 is 27.6. The van der Waals surface area contributed by atoms with Gasteiger partial charge in [0, 0.05) is 10.6 Å². The number of nitrogens with one attached hydrogen (secondary N) is 3. The van der Waals surface area contributed by atoms with E-state index < -0.39 is 15.9 Å². The number of amides is 1. The second-order valence-corrected chi connectivity index (χ2v) is 7.89. The monoisotopic (exact) mass is 439 g/mol. The maximum Gasteiger partial charge on any atom is 0.265 e. The number of rotatable bonds is 6. The van der Waals surface area contributed by atoms with Crippen LogP contribution >= 0.6 is 24.2 Å². The molecule has 5 N–H and O–H groups in total. The van der Waals surface area contributed by atoms with E-state index in [2.05, 4.69) is 39.7 Å². The van der Waals surface area contributed by atoms with Gasteiger partial charge in [-0.25, -0.2) is 24.0 Å². The molecule has 0 atom stereocenters. The molecule has 0 saturated heterocycles. The quantitative estimate of drug-likeness (QED) is 0.118. The van der Waals surface area contributed by atoms with E-state index in [9.17, 15) is 13.2 Å². The number of nitrogens with two attached hydrogens (primary N) is 1. The Bertz CT molecular complexity index is 1010. The Balaban J connectivity index is 2.38. The van der Waals surface area contributed by atoms with Crippen LogP contribution in [0.1, 0.15) is 10.4 Å². The van der Waals surface area contributed by atoms with Gasteiger partial charge in [0.05, 0.1) is 17.1 Å². The lowest BCUT2D eigenvalue weighted by Crippen LogP contribution is -2.44. The summed E-state index contributed by atoms with van der Waals surface area (Å²) in [6.07, 6.45) is 1.46. The maximum atomic E-state index is 12.7. The molecule has 0 aliphatic carbocycles. The molecule has 0 saturated carbocycles. The second kappa shape index (κ2) is 9.60. The van der Waals surface area contributed by atoms with Crippen LogP contribution in [-0.4, -0.2) is 26.8 Å². The van der Waals surface area contributed by atoms with E-state index in [1.807, 2.05) is 0 Å². The summed E-state index contributed by atoms with van der Waals surface area (Å²) in [4.78, 5) is 16.2. The number of hydrogen-bond acceptors (Lipinski definition) is 6. The van der Waals surface area contributed by atoms with Crippen LogP contribution in [-0.2, 0) is 10.0 Å². The Labute approximate surface area is 173 Å². The normalized spacial score (nSPS) is 11.6. The van der Waals surface area contributed by atoms with Crippen LogP contribution in [0.4, 0.5) is 5.69 Å². The molecule has 0 unspecified atom stereocenters. The molecular formula is C17H18ClN5O3S2. The number of benzene rings is 2. The lowest BCUT2D eigenvalue weighted by atomic mass is 10.2. The maximum absolute atomic E-state index is 12.7. The van der Waals surface area contributed by atoms with Crippen molar-refractivity contribution in [3.05, 3.63) is 65.7 Å². The topological polar surface area (TPSA) is 126 Å². The number of hydrazine groups is 1. The van der Waals surface area contributed by atoms with Crippen LogP contribution in [0.25, 0.3) is 0 Å². The van der Waals surface area contributed by atoms with Gasteiger partial charge >= 0.3 is 0 Å². The van der Waals surface area contributed by atoms with E-state index >= 15 is 0 Å². The highest BCUT2D eigenvalue weighted by Crippen LogP contribution is 2.28. The molecule has 0 fully saturated rings. The molecule has 148 valence electrons. The van der Waals surface area contributed by atoms with E-state index in [0.717, 1.165) is 6.07 Å². The lowest BCUT2D eigenvalue weighted by Gasteiger charge is -2.14. The average molecular weight is 440 g/mol. The minimum absolute atomic E-state index is 0.0333. The molecule has 0 spiro atoms. The van der Waals surface area contributed by atoms with Crippen molar-refractivity contribution in [1.29, 1.82) is 0 Å². The van der Waals surface area contributed by atoms with Gasteiger partial charge < -0.3 is 5.32 Å². The highest BCUT2D eigenvalue weighted by atomic mass is 35.5. The molecule has 0 aliphatic rings. The average Bonchev–Trinajstić information content (AvgIpc) is 2.65. The summed E-state index contributed by atoms with van der Waals surface area (Å²) in [5.41, 5.74) is 2.65. The molecule has 0 aromatic heterocycles. The van der Waals surface area contributed by atoms with Gasteiger partial charge in [-0.3, -0.25) is 10.2 Å². The van der Waals surface area contributed by atoms with E-state index in [-0.39, 0.29) is 32.9 Å². The molecular weight excluding hydrogens is 422 g/mol. The zero-order chi connectivity index (χ0) is 20.7. The Hall–Kier alpha value is -2.53. The summed E-state index contributed by atoms with van der Waals surface area (Å²) in [6, 6.07) is 11.1. The van der Waals surface area contributed by atoms with Crippen LogP contribution in [0.15, 0.2) is 69.9 Å². The van der Waals surface area contributed by atoms with Crippen molar-refractivity contribution in [2.45, 2.75) is 9.79 Å². The first-order valence-corrected chi connectivity index (χ1v) is 10.1. The van der Waals surface area contributed by atoms with Crippen LogP contribution < -0.4 is 21.3 Å². The van der Waals surface area contributed by atoms with Crippen LogP contribution in [0.3, 0.4) is 0 Å². The molecule has 0 aliphatic heterocycles. The molecule has 0 heterocycles. The number of guanidine groups is 1. The van der Waals surface area contributed by atoms with Gasteiger partial charge in [0.2, 0.25) is 5.96 Å². The Kier molecular flexibility index (Phi) is 7.46. The minimum atomic E-state index is -4.15. The Morgan fingerprint density at radius 3 is 2.57 bits per heavy atom. The predicted octanol–water partition coefficient (Wildman–Crippen LogP) is 2.16. The number of carbonyl (C=O) groups is 1. The van der Waals surface area contributed by atoms with Gasteiger partial charge in [0.1, 0.15) is 4.90 Å². The number of carbonyl (C=O) groups excluding carboxylic acids is 1. The molecule has 8 nitrogen and oxygen atoms in total. The third-order valence-corrected chi connectivity index (χ3v) is 5.57. The summed E-state index contributed by atoms with van der Waals surface area (Å²) in [5.74, 6) is 4.51. The van der Waals surface area contributed by atoms with Gasteiger partial charge in [-0.15, -0.1) is 19.2 Å². The molecule has 1 amide bonds. The van der Waals surface area contributed by atoms with Crippen molar-refractivity contribution in [2.24, 2.45) is 10.8 Å². The standard InChI is InChI=1S/C17H18ClN5O3S2/c1-2-8-20-17(22-19)23-28(25,26)15-9-12(13(18)10-14(15)27)16(24)21-11-6-4-3-5-7-11/h2-7,9-10,27H,1,8,19H2,(H,21,24)(H2,20,22,23). The first-order valence-electron chi connectivity index (χ1n) is 7.82. The summed E-state index contributed by atoms with van der Waals surface area (Å²) in [6.45, 7) is 3.63. The third-order valence-electron chi connectivity index (χ3n) is 3.36. The van der Waals surface area contributed by atoms with Crippen LogP contribution in [0, 0.1) is 0 Å². The largest absolute Gasteiger partial charge is 0.322 e. The Morgan fingerprint density at radius 1 is 1.29 bits per heavy atom. The molecule has 0 bridgehead atoms. The third kappa shape index (κ3) is 5.49. The van der Waals surface area contributed by atoms with Crippen LogP contribution in [0.5, 0.6) is 0 Å². The second-order valence-electron chi connectivity index (χ2n) is 5.35. The fraction of sp³-hybridized carbons (Fsp3) is 0.0588. The summed E-state index contributed by atoms with van der Waals surface area (Å²) in [5, 5.41) is 2.70. The molecule has 2 rings (SSSR count). The number of anilines is 1. The zero-order valence-corrected chi connectivity index (χ0v) is 17.0. The first-order chi connectivity index (χ1) is 13.3. The van der Waals surface area contributed by atoms with Gasteiger partial charge in [-0.2, -0.15) is 0 Å². The van der Waals surface area contributed by atoms with E-state index in [0.29, 0.717) is 5.69 Å². The van der Waals surface area contributed by atoms with E-state index in [1.54, 1.807) is 30.3 Å². The zero-order valence-electron chi connectivity index (χ0n) is 14.5. The first kappa shape index (κ1) is 21.8. The van der Waals surface area contributed by atoms with Crippen molar-refractivity contribution < 1.29 is 13.2 Å². The van der Waals surface area contributed by atoms with E-state index in [1.165, 1.54) is 12.1 Å². The van der Waals surface area contributed by atoms with Crippen molar-refractivity contribution in [2.75, 3.05) is 11.9 Å². The van der Waals surface area contributed by atoms with E-state index in [4.69, 9.17) is 17.4 Å². The van der Waals surface area contributed by atoms with Gasteiger partial charge in [0.15, 0.2) is 0 Å². The highest BCUT2D eigenvalue weighted by molar-refractivity contribution is 7.91. The fourth-order valence-electron chi connectivity index (χ4n) is 2.10. The number of nitrogens with zero attached hydrogens (tertiary/aromatic N) is 1.